The first kappa shape index (κ1) is 21.4. The molecule has 1 fully saturated rings. The fourth-order valence-corrected chi connectivity index (χ4v) is 4.19. The van der Waals surface area contributed by atoms with Crippen molar-refractivity contribution >= 4 is 17.3 Å². The molecular weight excluding hydrogens is 410 g/mol. The van der Waals surface area contributed by atoms with E-state index in [9.17, 15) is 20.4 Å². The molecule has 2 aliphatic rings. The van der Waals surface area contributed by atoms with Crippen LogP contribution in [0.1, 0.15) is 22.8 Å². The Balaban J connectivity index is 1.60. The molecule has 2 aromatic carbocycles. The van der Waals surface area contributed by atoms with Gasteiger partial charge >= 0.3 is 0 Å². The van der Waals surface area contributed by atoms with Crippen molar-refractivity contribution in [3.05, 3.63) is 58.1 Å². The van der Waals surface area contributed by atoms with Crippen LogP contribution in [0.25, 0.3) is 0 Å². The fraction of sp³-hybridized carbons (Fsp3) is 0.455. The number of fused-ring (bicyclic) bond motifs is 1. The van der Waals surface area contributed by atoms with E-state index in [0.717, 1.165) is 29.1 Å². The summed E-state index contributed by atoms with van der Waals surface area (Å²) < 4.78 is 11.4. The number of hydrogen-bond donors (Lipinski definition) is 4. The summed E-state index contributed by atoms with van der Waals surface area (Å²) in [5.74, 6) is 0.855. The molecule has 4 rings (SSSR count). The van der Waals surface area contributed by atoms with E-state index < -0.39 is 37.1 Å². The lowest BCUT2D eigenvalue weighted by Crippen LogP contribution is -2.55. The van der Waals surface area contributed by atoms with Gasteiger partial charge in [-0.25, -0.2) is 0 Å². The lowest BCUT2D eigenvalue weighted by atomic mass is 9.90. The average Bonchev–Trinajstić information content (AvgIpc) is 2.75. The van der Waals surface area contributed by atoms with E-state index in [4.69, 9.17) is 21.1 Å². The molecule has 0 unspecified atom stereocenters. The molecule has 0 radical (unpaired) electrons. The van der Waals surface area contributed by atoms with Gasteiger partial charge in [-0.3, -0.25) is 0 Å². The Kier molecular flexibility index (Phi) is 6.20. The molecule has 2 aliphatic heterocycles. The first-order valence-corrected chi connectivity index (χ1v) is 10.3. The Hall–Kier alpha value is -1.87. The summed E-state index contributed by atoms with van der Waals surface area (Å²) >= 11 is 6.43. The number of halogens is 1. The Morgan fingerprint density at radius 3 is 2.63 bits per heavy atom. The van der Waals surface area contributed by atoms with Gasteiger partial charge in [0.2, 0.25) is 0 Å². The highest BCUT2D eigenvalue weighted by atomic mass is 35.5. The molecule has 7 nitrogen and oxygen atoms in total. The van der Waals surface area contributed by atoms with Gasteiger partial charge in [0.05, 0.1) is 18.8 Å². The summed E-state index contributed by atoms with van der Waals surface area (Å²) in [5, 5.41) is 40.5. The zero-order valence-electron chi connectivity index (χ0n) is 16.6. The third kappa shape index (κ3) is 4.01. The summed E-state index contributed by atoms with van der Waals surface area (Å²) in [7, 11) is 2.03. The van der Waals surface area contributed by atoms with Gasteiger partial charge in [0, 0.05) is 12.1 Å². The lowest BCUT2D eigenvalue weighted by Gasteiger charge is -2.40. The number of anilines is 1. The van der Waals surface area contributed by atoms with Crippen molar-refractivity contribution in [2.24, 2.45) is 0 Å². The van der Waals surface area contributed by atoms with Crippen molar-refractivity contribution in [2.75, 3.05) is 31.7 Å². The number of aliphatic hydroxyl groups is 4. The quantitative estimate of drug-likeness (QED) is 0.573. The van der Waals surface area contributed by atoms with Crippen LogP contribution >= 0.6 is 11.6 Å². The van der Waals surface area contributed by atoms with E-state index in [1.165, 1.54) is 0 Å². The Morgan fingerprint density at radius 1 is 1.07 bits per heavy atom. The topological polar surface area (TPSA) is 103 Å². The minimum Gasteiger partial charge on any atom is -0.490 e. The van der Waals surface area contributed by atoms with E-state index in [1.807, 2.05) is 25.2 Å². The fourth-order valence-electron chi connectivity index (χ4n) is 4.01. The van der Waals surface area contributed by atoms with Crippen LogP contribution < -0.4 is 9.64 Å². The minimum atomic E-state index is -1.42. The molecule has 0 spiro atoms. The van der Waals surface area contributed by atoms with Gasteiger partial charge in [-0.05, 0) is 41.3 Å². The van der Waals surface area contributed by atoms with Crippen LogP contribution in [0.5, 0.6) is 5.75 Å². The largest absolute Gasteiger partial charge is 0.490 e. The lowest BCUT2D eigenvalue weighted by molar-refractivity contribution is -0.231. The van der Waals surface area contributed by atoms with Gasteiger partial charge in [-0.2, -0.15) is 0 Å². The molecule has 0 saturated carbocycles. The van der Waals surface area contributed by atoms with Crippen molar-refractivity contribution < 1.29 is 29.9 Å². The Labute approximate surface area is 180 Å². The standard InChI is InChI=1S/C22H26ClNO6/c1-24-6-7-29-17-5-2-12(9-16(17)24)8-14-10-13(3-4-15(14)23)22-21(28)20(27)19(26)18(11-25)30-22/h2-5,9-10,18-22,25-28H,6-8,11H2,1H3/t18-,19-,20+,21-,22+/m1/s1. The summed E-state index contributed by atoms with van der Waals surface area (Å²) in [6.07, 6.45) is -5.42. The van der Waals surface area contributed by atoms with E-state index >= 15 is 0 Å². The molecule has 0 amide bonds. The predicted octanol–water partition coefficient (Wildman–Crippen LogP) is 1.27. The van der Waals surface area contributed by atoms with Gasteiger partial charge in [0.25, 0.3) is 0 Å². The minimum absolute atomic E-state index is 0.466. The maximum Gasteiger partial charge on any atom is 0.142 e. The van der Waals surface area contributed by atoms with Crippen molar-refractivity contribution in [3.8, 4) is 5.75 Å². The molecule has 0 bridgehead atoms. The van der Waals surface area contributed by atoms with E-state index in [2.05, 4.69) is 11.0 Å². The molecule has 2 heterocycles. The van der Waals surface area contributed by atoms with E-state index in [-0.39, 0.29) is 0 Å². The van der Waals surface area contributed by atoms with Gasteiger partial charge in [0.1, 0.15) is 42.9 Å². The predicted molar refractivity (Wildman–Crippen MR) is 112 cm³/mol. The third-order valence-corrected chi connectivity index (χ3v) is 6.17. The van der Waals surface area contributed by atoms with E-state index in [1.54, 1.807) is 12.1 Å². The molecule has 8 heteroatoms. The molecule has 5 atom stereocenters. The van der Waals surface area contributed by atoms with E-state index in [0.29, 0.717) is 23.6 Å². The molecule has 1 saturated heterocycles. The molecule has 4 N–H and O–H groups in total. The second kappa shape index (κ2) is 8.70. The zero-order chi connectivity index (χ0) is 21.4. The normalized spacial score (nSPS) is 28.7. The number of ether oxygens (including phenoxy) is 2. The maximum absolute atomic E-state index is 10.4. The second-order valence-corrected chi connectivity index (χ2v) is 8.26. The molecule has 162 valence electrons. The van der Waals surface area contributed by atoms with Gasteiger partial charge in [-0.15, -0.1) is 0 Å². The van der Waals surface area contributed by atoms with Crippen molar-refractivity contribution in [1.82, 2.24) is 0 Å². The smallest absolute Gasteiger partial charge is 0.142 e. The van der Waals surface area contributed by atoms with Crippen LogP contribution in [-0.4, -0.2) is 71.6 Å². The summed E-state index contributed by atoms with van der Waals surface area (Å²) in [6.45, 7) is 1.02. The first-order valence-electron chi connectivity index (χ1n) is 9.94. The molecule has 2 aromatic rings. The number of rotatable bonds is 4. The molecular formula is C22H26ClNO6. The van der Waals surface area contributed by atoms with Crippen molar-refractivity contribution in [3.63, 3.8) is 0 Å². The highest BCUT2D eigenvalue weighted by Crippen LogP contribution is 2.36. The van der Waals surface area contributed by atoms with Crippen LogP contribution in [0, 0.1) is 0 Å². The number of benzene rings is 2. The van der Waals surface area contributed by atoms with Crippen molar-refractivity contribution in [2.45, 2.75) is 36.9 Å². The number of likely N-dealkylation sites (N-methyl/N-ethyl adjacent to an activating group) is 1. The first-order chi connectivity index (χ1) is 14.4. The SMILES string of the molecule is CN1CCOc2ccc(Cc3cc([C@@H]4O[C@H](CO)[C@@H](O)[C@H](O)[C@H]4O)ccc3Cl)cc21. The van der Waals surface area contributed by atoms with Crippen LogP contribution in [0.2, 0.25) is 5.02 Å². The second-order valence-electron chi connectivity index (χ2n) is 7.85. The van der Waals surface area contributed by atoms with Gasteiger partial charge in [0.15, 0.2) is 0 Å². The third-order valence-electron chi connectivity index (χ3n) is 5.80. The average molecular weight is 436 g/mol. The van der Waals surface area contributed by atoms with Gasteiger partial charge in [-0.1, -0.05) is 29.8 Å². The number of aliphatic hydroxyl groups excluding tert-OH is 4. The van der Waals surface area contributed by atoms with Crippen LogP contribution in [0.15, 0.2) is 36.4 Å². The number of hydrogen-bond acceptors (Lipinski definition) is 7. The monoisotopic (exact) mass is 435 g/mol. The summed E-state index contributed by atoms with van der Waals surface area (Å²) in [4.78, 5) is 2.15. The van der Waals surface area contributed by atoms with Crippen LogP contribution in [0.3, 0.4) is 0 Å². The highest BCUT2D eigenvalue weighted by Gasteiger charge is 2.44. The Bertz CT molecular complexity index is 907. The molecule has 0 aromatic heterocycles. The van der Waals surface area contributed by atoms with Crippen LogP contribution in [-0.2, 0) is 11.2 Å². The summed E-state index contributed by atoms with van der Waals surface area (Å²) in [5.41, 5.74) is 3.54. The summed E-state index contributed by atoms with van der Waals surface area (Å²) in [6, 6.07) is 11.3. The van der Waals surface area contributed by atoms with Gasteiger partial charge < -0.3 is 34.8 Å². The maximum atomic E-state index is 10.4. The number of nitrogens with zero attached hydrogens (tertiary/aromatic N) is 1. The molecule has 0 aliphatic carbocycles. The van der Waals surface area contributed by atoms with Crippen LogP contribution in [0.4, 0.5) is 5.69 Å². The molecule has 30 heavy (non-hydrogen) atoms. The highest BCUT2D eigenvalue weighted by molar-refractivity contribution is 6.31. The Morgan fingerprint density at radius 2 is 1.87 bits per heavy atom. The van der Waals surface area contributed by atoms with Crippen molar-refractivity contribution in [1.29, 1.82) is 0 Å². The zero-order valence-corrected chi connectivity index (χ0v) is 17.4.